The molecule has 3 nitrogen and oxygen atoms in total. The molecule has 0 saturated carbocycles. The first kappa shape index (κ1) is 15.1. The van der Waals surface area contributed by atoms with Gasteiger partial charge in [0, 0.05) is 10.5 Å². The lowest BCUT2D eigenvalue weighted by atomic mass is 10.1. The largest absolute Gasteiger partial charge is 0.455 e. The number of benzene rings is 2. The zero-order valence-electron chi connectivity index (χ0n) is 9.88. The number of amidine groups is 1. The molecule has 3 N–H and O–H groups in total. The monoisotopic (exact) mass is 376 g/mol. The third-order valence-corrected chi connectivity index (χ3v) is 3.93. The van der Waals surface area contributed by atoms with Crippen molar-refractivity contribution in [3.05, 3.63) is 56.2 Å². The molecule has 2 aromatic carbocycles. The van der Waals surface area contributed by atoms with Crippen molar-refractivity contribution in [3.8, 4) is 11.5 Å². The van der Waals surface area contributed by atoms with Gasteiger partial charge in [0.15, 0.2) is 0 Å². The van der Waals surface area contributed by atoms with Gasteiger partial charge in [0.25, 0.3) is 0 Å². The van der Waals surface area contributed by atoms with E-state index in [9.17, 15) is 4.39 Å². The summed E-state index contributed by atoms with van der Waals surface area (Å²) in [6.07, 6.45) is 0. The highest BCUT2D eigenvalue weighted by molar-refractivity contribution is 9.10. The van der Waals surface area contributed by atoms with E-state index < -0.39 is 11.7 Å². The number of ether oxygens (including phenoxy) is 1. The number of nitrogens with one attached hydrogen (secondary N) is 1. The lowest BCUT2D eigenvalue weighted by molar-refractivity contribution is 0.475. The molecule has 0 aliphatic rings. The maximum Gasteiger partial charge on any atom is 0.147 e. The smallest absolute Gasteiger partial charge is 0.147 e. The van der Waals surface area contributed by atoms with Crippen LogP contribution < -0.4 is 10.5 Å². The second kappa shape index (κ2) is 5.99. The number of nitrogens with two attached hydrogens (primary N) is 1. The van der Waals surface area contributed by atoms with Crippen molar-refractivity contribution in [1.82, 2.24) is 0 Å². The molecule has 20 heavy (non-hydrogen) atoms. The topological polar surface area (TPSA) is 59.1 Å². The van der Waals surface area contributed by atoms with E-state index in [2.05, 4.69) is 15.9 Å². The van der Waals surface area contributed by atoms with Gasteiger partial charge in [-0.05, 0) is 34.1 Å². The van der Waals surface area contributed by atoms with Crippen molar-refractivity contribution in [2.24, 2.45) is 5.73 Å². The SMILES string of the molecule is N=C(N)c1c(F)cccc1Oc1cc(Cl)c(Br)cc1Cl. The van der Waals surface area contributed by atoms with Crippen LogP contribution >= 0.6 is 39.1 Å². The third-order valence-electron chi connectivity index (χ3n) is 2.44. The fraction of sp³-hybridized carbons (Fsp3) is 0. The van der Waals surface area contributed by atoms with Gasteiger partial charge in [-0.2, -0.15) is 0 Å². The molecule has 0 radical (unpaired) electrons. The van der Waals surface area contributed by atoms with Crippen LogP contribution in [0.2, 0.25) is 10.0 Å². The van der Waals surface area contributed by atoms with Gasteiger partial charge >= 0.3 is 0 Å². The Balaban J connectivity index is 2.48. The standard InChI is InChI=1S/C13H8BrCl2FN2O/c14-6-4-8(16)11(5-7(6)15)20-10-3-1-2-9(17)12(10)13(18)19/h1-5H,(H3,18,19). The van der Waals surface area contributed by atoms with E-state index >= 15 is 0 Å². The third kappa shape index (κ3) is 3.06. The second-order valence-corrected chi connectivity index (χ2v) is 5.49. The minimum absolute atomic E-state index is 0.0952. The Labute approximate surface area is 133 Å². The van der Waals surface area contributed by atoms with Gasteiger partial charge < -0.3 is 10.5 Å². The van der Waals surface area contributed by atoms with Gasteiger partial charge in [0.1, 0.15) is 23.2 Å². The molecule has 7 heteroatoms. The number of hydrogen-bond donors (Lipinski definition) is 2. The van der Waals surface area contributed by atoms with E-state index in [0.717, 1.165) is 0 Å². The van der Waals surface area contributed by atoms with Crippen LogP contribution in [0, 0.1) is 11.2 Å². The number of halogens is 4. The highest BCUT2D eigenvalue weighted by Gasteiger charge is 2.15. The molecule has 0 bridgehead atoms. The van der Waals surface area contributed by atoms with E-state index in [1.54, 1.807) is 6.07 Å². The molecule has 0 aliphatic carbocycles. The van der Waals surface area contributed by atoms with Gasteiger partial charge in [-0.3, -0.25) is 5.41 Å². The van der Waals surface area contributed by atoms with E-state index in [1.807, 2.05) is 0 Å². The zero-order chi connectivity index (χ0) is 14.9. The Hall–Kier alpha value is -1.30. The average molecular weight is 378 g/mol. The molecule has 0 aliphatic heterocycles. The molecular weight excluding hydrogens is 370 g/mol. The second-order valence-electron chi connectivity index (χ2n) is 3.83. The molecule has 0 unspecified atom stereocenters. The van der Waals surface area contributed by atoms with Crippen LogP contribution in [0.4, 0.5) is 4.39 Å². The molecule has 2 rings (SSSR count). The van der Waals surface area contributed by atoms with Crippen LogP contribution in [0.3, 0.4) is 0 Å². The van der Waals surface area contributed by atoms with E-state index in [1.165, 1.54) is 24.3 Å². The van der Waals surface area contributed by atoms with Gasteiger partial charge in [-0.15, -0.1) is 0 Å². The highest BCUT2D eigenvalue weighted by Crippen LogP contribution is 2.37. The number of rotatable bonds is 3. The average Bonchev–Trinajstić information content (AvgIpc) is 2.35. The minimum atomic E-state index is -0.644. The first-order chi connectivity index (χ1) is 9.40. The van der Waals surface area contributed by atoms with Crippen molar-refractivity contribution in [3.63, 3.8) is 0 Å². The fourth-order valence-electron chi connectivity index (χ4n) is 1.55. The number of nitrogen functional groups attached to an aromatic ring is 1. The molecule has 0 heterocycles. The summed E-state index contributed by atoms with van der Waals surface area (Å²) in [4.78, 5) is 0. The van der Waals surface area contributed by atoms with Gasteiger partial charge in [-0.1, -0.05) is 29.3 Å². The molecule has 0 aromatic heterocycles. The van der Waals surface area contributed by atoms with Crippen molar-refractivity contribution in [2.45, 2.75) is 0 Å². The molecule has 0 saturated heterocycles. The van der Waals surface area contributed by atoms with E-state index in [0.29, 0.717) is 14.5 Å². The van der Waals surface area contributed by atoms with E-state index in [-0.39, 0.29) is 17.1 Å². The van der Waals surface area contributed by atoms with Crippen LogP contribution in [0.15, 0.2) is 34.8 Å². The van der Waals surface area contributed by atoms with Crippen molar-refractivity contribution < 1.29 is 9.13 Å². The summed E-state index contributed by atoms with van der Waals surface area (Å²) in [5.41, 5.74) is 5.24. The summed E-state index contributed by atoms with van der Waals surface area (Å²) in [5, 5.41) is 8.09. The molecule has 0 atom stereocenters. The Morgan fingerprint density at radius 1 is 1.20 bits per heavy atom. The first-order valence-corrected chi connectivity index (χ1v) is 6.90. The molecule has 104 valence electrons. The Morgan fingerprint density at radius 3 is 2.55 bits per heavy atom. The summed E-state index contributed by atoms with van der Waals surface area (Å²) in [6, 6.07) is 7.19. The fourth-order valence-corrected chi connectivity index (χ4v) is 2.38. The van der Waals surface area contributed by atoms with Crippen LogP contribution in [0.25, 0.3) is 0 Å². The van der Waals surface area contributed by atoms with Crippen LogP contribution in [0.5, 0.6) is 11.5 Å². The van der Waals surface area contributed by atoms with Gasteiger partial charge in [0.05, 0.1) is 15.6 Å². The molecular formula is C13H8BrCl2FN2O. The molecule has 0 fully saturated rings. The molecule has 0 spiro atoms. The summed E-state index contributed by atoms with van der Waals surface area (Å²) >= 11 is 15.2. The van der Waals surface area contributed by atoms with Crippen molar-refractivity contribution in [1.29, 1.82) is 5.41 Å². The van der Waals surface area contributed by atoms with E-state index in [4.69, 9.17) is 39.1 Å². The number of hydrogen-bond acceptors (Lipinski definition) is 2. The predicted octanol–water partition coefficient (Wildman–Crippen LogP) is 4.97. The highest BCUT2D eigenvalue weighted by atomic mass is 79.9. The summed E-state index contributed by atoms with van der Waals surface area (Å²) in [6.45, 7) is 0. The summed E-state index contributed by atoms with van der Waals surface area (Å²) in [5.74, 6) is -0.738. The summed E-state index contributed by atoms with van der Waals surface area (Å²) < 4.78 is 19.8. The minimum Gasteiger partial charge on any atom is -0.455 e. The van der Waals surface area contributed by atoms with Crippen LogP contribution in [-0.4, -0.2) is 5.84 Å². The maximum atomic E-state index is 13.7. The zero-order valence-corrected chi connectivity index (χ0v) is 13.0. The van der Waals surface area contributed by atoms with Gasteiger partial charge in [0.2, 0.25) is 0 Å². The van der Waals surface area contributed by atoms with Crippen molar-refractivity contribution >= 4 is 45.0 Å². The predicted molar refractivity (Wildman–Crippen MR) is 81.7 cm³/mol. The van der Waals surface area contributed by atoms with Gasteiger partial charge in [-0.25, -0.2) is 4.39 Å². The van der Waals surface area contributed by atoms with Crippen LogP contribution in [-0.2, 0) is 0 Å². The summed E-state index contributed by atoms with van der Waals surface area (Å²) in [7, 11) is 0. The normalized spacial score (nSPS) is 10.4. The van der Waals surface area contributed by atoms with Crippen LogP contribution in [0.1, 0.15) is 5.56 Å². The lowest BCUT2D eigenvalue weighted by Gasteiger charge is -2.12. The Kier molecular flexibility index (Phi) is 4.52. The lowest BCUT2D eigenvalue weighted by Crippen LogP contribution is -2.14. The maximum absolute atomic E-state index is 13.7. The Bertz CT molecular complexity index is 694. The Morgan fingerprint density at radius 2 is 1.90 bits per heavy atom. The quantitative estimate of drug-likeness (QED) is 0.450. The first-order valence-electron chi connectivity index (χ1n) is 5.35. The van der Waals surface area contributed by atoms with Crippen molar-refractivity contribution in [2.75, 3.05) is 0 Å². The molecule has 2 aromatic rings. The molecule has 0 amide bonds.